The van der Waals surface area contributed by atoms with E-state index in [9.17, 15) is 9.59 Å². The molecule has 0 bridgehead atoms. The molecule has 0 saturated heterocycles. The van der Waals surface area contributed by atoms with E-state index in [0.717, 1.165) is 0 Å². The first-order valence-electron chi connectivity index (χ1n) is 7.41. The summed E-state index contributed by atoms with van der Waals surface area (Å²) >= 11 is 6.05. The topological polar surface area (TPSA) is 67.2 Å². The second-order valence-electron chi connectivity index (χ2n) is 5.36. The Morgan fingerprint density at radius 2 is 2.09 bits per heavy atom. The van der Waals surface area contributed by atoms with E-state index in [2.05, 4.69) is 10.4 Å². The summed E-state index contributed by atoms with van der Waals surface area (Å²) in [6, 6.07) is 7.16. The lowest BCUT2D eigenvalue weighted by Crippen LogP contribution is -2.32. The number of rotatable bonds is 2. The van der Waals surface area contributed by atoms with E-state index in [1.165, 1.54) is 4.90 Å². The molecular formula is C16H17ClN4O2. The van der Waals surface area contributed by atoms with Gasteiger partial charge in [-0.3, -0.25) is 19.2 Å². The van der Waals surface area contributed by atoms with Crippen molar-refractivity contribution in [1.82, 2.24) is 9.78 Å². The third-order valence-electron chi connectivity index (χ3n) is 3.79. The summed E-state index contributed by atoms with van der Waals surface area (Å²) in [4.78, 5) is 26.9. The number of hydrogen-bond donors (Lipinski definition) is 1. The molecular weight excluding hydrogens is 316 g/mol. The SMILES string of the molecule is CCn1nc(C)c2c1C(=O)Nc1ccccc1N2C(=O)C(C)Cl. The maximum Gasteiger partial charge on any atom is 0.276 e. The number of para-hydroxylation sites is 2. The van der Waals surface area contributed by atoms with Crippen LogP contribution in [0.5, 0.6) is 0 Å². The minimum Gasteiger partial charge on any atom is -0.319 e. The molecule has 1 atom stereocenters. The molecule has 2 aromatic rings. The van der Waals surface area contributed by atoms with Crippen molar-refractivity contribution >= 4 is 40.5 Å². The summed E-state index contributed by atoms with van der Waals surface area (Å²) in [7, 11) is 0. The van der Waals surface area contributed by atoms with Gasteiger partial charge in [0.05, 0.1) is 17.1 Å². The van der Waals surface area contributed by atoms with E-state index < -0.39 is 5.38 Å². The number of halogens is 1. The molecule has 0 radical (unpaired) electrons. The second kappa shape index (κ2) is 5.70. The molecule has 1 aliphatic rings. The smallest absolute Gasteiger partial charge is 0.276 e. The average Bonchev–Trinajstić information content (AvgIpc) is 2.78. The molecule has 0 aliphatic carbocycles. The number of fused-ring (bicyclic) bond motifs is 2. The first kappa shape index (κ1) is 15.6. The number of nitrogens with one attached hydrogen (secondary N) is 1. The molecule has 7 heteroatoms. The van der Waals surface area contributed by atoms with Gasteiger partial charge in [-0.25, -0.2) is 0 Å². The summed E-state index contributed by atoms with van der Waals surface area (Å²) in [5, 5.41) is 6.51. The molecule has 2 heterocycles. The predicted molar refractivity (Wildman–Crippen MR) is 89.5 cm³/mol. The molecule has 0 fully saturated rings. The van der Waals surface area contributed by atoms with Gasteiger partial charge in [0.2, 0.25) is 5.91 Å². The fraction of sp³-hybridized carbons (Fsp3) is 0.312. The predicted octanol–water partition coefficient (Wildman–Crippen LogP) is 3.07. The van der Waals surface area contributed by atoms with Crippen LogP contribution in [0.2, 0.25) is 0 Å². The third-order valence-corrected chi connectivity index (χ3v) is 3.97. The first-order chi connectivity index (χ1) is 11.0. The quantitative estimate of drug-likeness (QED) is 0.859. The Kier molecular flexibility index (Phi) is 3.85. The van der Waals surface area contributed by atoms with Gasteiger partial charge < -0.3 is 5.32 Å². The van der Waals surface area contributed by atoms with Crippen LogP contribution in [-0.2, 0) is 11.3 Å². The maximum absolute atomic E-state index is 12.8. The Bertz CT molecular complexity index is 797. The lowest BCUT2D eigenvalue weighted by atomic mass is 10.2. The number of aryl methyl sites for hydroxylation is 2. The Hall–Kier alpha value is -2.34. The van der Waals surface area contributed by atoms with Crippen molar-refractivity contribution in [2.45, 2.75) is 32.7 Å². The van der Waals surface area contributed by atoms with Crippen molar-refractivity contribution in [1.29, 1.82) is 0 Å². The van der Waals surface area contributed by atoms with Crippen LogP contribution in [0.3, 0.4) is 0 Å². The average molecular weight is 333 g/mol. The number of nitrogens with zero attached hydrogens (tertiary/aromatic N) is 3. The highest BCUT2D eigenvalue weighted by molar-refractivity contribution is 6.34. The van der Waals surface area contributed by atoms with Crippen LogP contribution in [0.15, 0.2) is 24.3 Å². The summed E-state index contributed by atoms with van der Waals surface area (Å²) in [5.41, 5.74) is 2.63. The molecule has 3 rings (SSSR count). The van der Waals surface area contributed by atoms with Crippen LogP contribution >= 0.6 is 11.6 Å². The van der Waals surface area contributed by atoms with Crippen molar-refractivity contribution in [3.63, 3.8) is 0 Å². The van der Waals surface area contributed by atoms with Gasteiger partial charge in [-0.05, 0) is 32.9 Å². The Morgan fingerprint density at radius 1 is 1.39 bits per heavy atom. The van der Waals surface area contributed by atoms with Gasteiger partial charge >= 0.3 is 0 Å². The molecule has 1 aromatic heterocycles. The minimum atomic E-state index is -0.728. The van der Waals surface area contributed by atoms with Gasteiger partial charge in [-0.15, -0.1) is 11.6 Å². The highest BCUT2D eigenvalue weighted by Gasteiger charge is 2.35. The molecule has 6 nitrogen and oxygen atoms in total. The van der Waals surface area contributed by atoms with Gasteiger partial charge in [-0.1, -0.05) is 12.1 Å². The molecule has 1 aromatic carbocycles. The minimum absolute atomic E-state index is 0.285. The Balaban J connectivity index is 2.34. The molecule has 1 N–H and O–H groups in total. The van der Waals surface area contributed by atoms with E-state index in [-0.39, 0.29) is 11.8 Å². The molecule has 120 valence electrons. The zero-order valence-corrected chi connectivity index (χ0v) is 13.9. The van der Waals surface area contributed by atoms with Crippen molar-refractivity contribution in [3.8, 4) is 0 Å². The normalized spacial score (nSPS) is 14.6. The zero-order valence-electron chi connectivity index (χ0n) is 13.1. The summed E-state index contributed by atoms with van der Waals surface area (Å²) in [5.74, 6) is -0.581. The standard InChI is InChI=1S/C16H17ClN4O2/c1-4-20-14-13(10(3)19-20)21(16(23)9(2)17)12-8-6-5-7-11(12)18-15(14)22/h5-9H,4H2,1-3H3,(H,18,22). The summed E-state index contributed by atoms with van der Waals surface area (Å²) in [6.45, 7) is 5.82. The second-order valence-corrected chi connectivity index (χ2v) is 6.01. The number of carbonyl (C=O) groups is 2. The number of aromatic nitrogens is 2. The lowest BCUT2D eigenvalue weighted by Gasteiger charge is -2.24. The summed E-state index contributed by atoms with van der Waals surface area (Å²) < 4.78 is 1.60. The van der Waals surface area contributed by atoms with Crippen LogP contribution in [0.4, 0.5) is 17.1 Å². The Morgan fingerprint density at radius 3 is 2.74 bits per heavy atom. The van der Waals surface area contributed by atoms with Crippen molar-refractivity contribution in [3.05, 3.63) is 35.7 Å². The number of alkyl halides is 1. The maximum atomic E-state index is 12.8. The molecule has 1 unspecified atom stereocenters. The van der Waals surface area contributed by atoms with Gasteiger partial charge in [0, 0.05) is 6.54 Å². The van der Waals surface area contributed by atoms with Crippen LogP contribution in [-0.4, -0.2) is 27.0 Å². The largest absolute Gasteiger partial charge is 0.319 e. The van der Waals surface area contributed by atoms with Crippen molar-refractivity contribution in [2.24, 2.45) is 0 Å². The van der Waals surface area contributed by atoms with Crippen LogP contribution in [0.25, 0.3) is 0 Å². The fourth-order valence-corrected chi connectivity index (χ4v) is 2.87. The number of amides is 2. The highest BCUT2D eigenvalue weighted by atomic mass is 35.5. The molecule has 1 aliphatic heterocycles. The third kappa shape index (κ3) is 2.39. The van der Waals surface area contributed by atoms with Crippen molar-refractivity contribution in [2.75, 3.05) is 10.2 Å². The number of benzene rings is 1. The molecule has 0 spiro atoms. The lowest BCUT2D eigenvalue weighted by molar-refractivity contribution is -0.117. The highest BCUT2D eigenvalue weighted by Crippen LogP contribution is 2.40. The number of carbonyl (C=O) groups excluding carboxylic acids is 2. The van der Waals surface area contributed by atoms with Gasteiger partial charge in [0.25, 0.3) is 5.91 Å². The van der Waals surface area contributed by atoms with Gasteiger partial charge in [-0.2, -0.15) is 5.10 Å². The zero-order chi connectivity index (χ0) is 16.7. The monoisotopic (exact) mass is 332 g/mol. The van der Waals surface area contributed by atoms with Crippen LogP contribution in [0.1, 0.15) is 30.0 Å². The molecule has 2 amide bonds. The summed E-state index contributed by atoms with van der Waals surface area (Å²) in [6.07, 6.45) is 0. The van der Waals surface area contributed by atoms with Gasteiger partial charge in [0.1, 0.15) is 11.1 Å². The number of anilines is 3. The van der Waals surface area contributed by atoms with Crippen LogP contribution in [0, 0.1) is 6.92 Å². The number of hydrogen-bond acceptors (Lipinski definition) is 3. The van der Waals surface area contributed by atoms with Crippen molar-refractivity contribution < 1.29 is 9.59 Å². The van der Waals surface area contributed by atoms with E-state index >= 15 is 0 Å². The fourth-order valence-electron chi connectivity index (χ4n) is 2.78. The molecule has 23 heavy (non-hydrogen) atoms. The first-order valence-corrected chi connectivity index (χ1v) is 7.85. The van der Waals surface area contributed by atoms with E-state index in [1.54, 1.807) is 36.7 Å². The van der Waals surface area contributed by atoms with Crippen LogP contribution < -0.4 is 10.2 Å². The Labute approximate surface area is 139 Å². The molecule has 0 saturated carbocycles. The van der Waals surface area contributed by atoms with E-state index in [0.29, 0.717) is 35.0 Å². The van der Waals surface area contributed by atoms with E-state index in [4.69, 9.17) is 11.6 Å². The van der Waals surface area contributed by atoms with Gasteiger partial charge in [0.15, 0.2) is 5.69 Å². The van der Waals surface area contributed by atoms with E-state index in [1.807, 2.05) is 13.0 Å².